The number of nitrogens with two attached hydrogens (primary N) is 1. The van der Waals surface area contributed by atoms with Crippen molar-refractivity contribution in [2.75, 3.05) is 10.5 Å². The fourth-order valence-electron chi connectivity index (χ4n) is 1.85. The SMILES string of the molecule is Cc1cc(NS(=O)(=O)c2cc(N)cc(F)c2C)n(C)n1. The van der Waals surface area contributed by atoms with Gasteiger partial charge in [-0.1, -0.05) is 0 Å². The number of benzene rings is 1. The molecule has 1 aromatic carbocycles. The molecule has 0 unspecified atom stereocenters. The minimum Gasteiger partial charge on any atom is -0.399 e. The van der Waals surface area contributed by atoms with Crippen LogP contribution in [0.2, 0.25) is 0 Å². The van der Waals surface area contributed by atoms with Crippen molar-refractivity contribution in [2.45, 2.75) is 18.7 Å². The molecular weight excluding hydrogens is 283 g/mol. The summed E-state index contributed by atoms with van der Waals surface area (Å²) in [5, 5.41) is 4.04. The minimum absolute atomic E-state index is 0.0191. The monoisotopic (exact) mass is 298 g/mol. The van der Waals surface area contributed by atoms with Gasteiger partial charge in [-0.2, -0.15) is 5.10 Å². The molecule has 6 nitrogen and oxygen atoms in total. The number of nitrogen functional groups attached to an aromatic ring is 1. The van der Waals surface area contributed by atoms with E-state index in [1.807, 2.05) is 0 Å². The molecule has 2 rings (SSSR count). The molecule has 20 heavy (non-hydrogen) atoms. The van der Waals surface area contributed by atoms with Gasteiger partial charge in [0, 0.05) is 24.4 Å². The first-order valence-corrected chi connectivity index (χ1v) is 7.28. The van der Waals surface area contributed by atoms with E-state index in [1.54, 1.807) is 20.0 Å². The normalized spacial score (nSPS) is 11.6. The molecule has 1 heterocycles. The zero-order valence-corrected chi connectivity index (χ0v) is 12.1. The van der Waals surface area contributed by atoms with Crippen molar-refractivity contribution in [3.63, 3.8) is 0 Å². The quantitative estimate of drug-likeness (QED) is 0.841. The number of nitrogens with one attached hydrogen (secondary N) is 1. The summed E-state index contributed by atoms with van der Waals surface area (Å²) in [5.41, 5.74) is 6.24. The van der Waals surface area contributed by atoms with Gasteiger partial charge in [-0.05, 0) is 26.0 Å². The third kappa shape index (κ3) is 2.60. The van der Waals surface area contributed by atoms with Gasteiger partial charge in [-0.3, -0.25) is 9.40 Å². The third-order valence-corrected chi connectivity index (χ3v) is 4.33. The van der Waals surface area contributed by atoms with Crippen LogP contribution in [0.1, 0.15) is 11.3 Å². The van der Waals surface area contributed by atoms with E-state index in [9.17, 15) is 12.8 Å². The van der Waals surface area contributed by atoms with Gasteiger partial charge >= 0.3 is 0 Å². The van der Waals surface area contributed by atoms with E-state index < -0.39 is 15.8 Å². The maximum Gasteiger partial charge on any atom is 0.263 e. The Bertz CT molecular complexity index is 768. The molecule has 0 atom stereocenters. The Hall–Kier alpha value is -2.09. The van der Waals surface area contributed by atoms with Crippen molar-refractivity contribution in [2.24, 2.45) is 7.05 Å². The Morgan fingerprint density at radius 3 is 2.50 bits per heavy atom. The first kappa shape index (κ1) is 14.3. The van der Waals surface area contributed by atoms with Gasteiger partial charge in [-0.25, -0.2) is 12.8 Å². The molecule has 3 N–H and O–H groups in total. The predicted molar refractivity (Wildman–Crippen MR) is 74.3 cm³/mol. The van der Waals surface area contributed by atoms with E-state index in [0.717, 1.165) is 6.07 Å². The number of hydrogen-bond donors (Lipinski definition) is 2. The minimum atomic E-state index is -3.93. The van der Waals surface area contributed by atoms with Gasteiger partial charge in [0.1, 0.15) is 11.6 Å². The number of aromatic nitrogens is 2. The number of nitrogens with zero attached hydrogens (tertiary/aromatic N) is 2. The van der Waals surface area contributed by atoms with Gasteiger partial charge in [-0.15, -0.1) is 0 Å². The van der Waals surface area contributed by atoms with E-state index in [4.69, 9.17) is 5.73 Å². The summed E-state index contributed by atoms with van der Waals surface area (Å²) in [6.07, 6.45) is 0. The summed E-state index contributed by atoms with van der Waals surface area (Å²) in [7, 11) is -2.32. The molecule has 0 bridgehead atoms. The number of hydrogen-bond acceptors (Lipinski definition) is 4. The number of aryl methyl sites for hydroxylation is 2. The van der Waals surface area contributed by atoms with E-state index in [0.29, 0.717) is 11.5 Å². The highest BCUT2D eigenvalue weighted by Gasteiger charge is 2.21. The molecule has 0 radical (unpaired) electrons. The van der Waals surface area contributed by atoms with Crippen LogP contribution in [-0.2, 0) is 17.1 Å². The van der Waals surface area contributed by atoms with Crippen molar-refractivity contribution >= 4 is 21.5 Å². The van der Waals surface area contributed by atoms with E-state index in [-0.39, 0.29) is 16.1 Å². The summed E-state index contributed by atoms with van der Waals surface area (Å²) in [4.78, 5) is -0.186. The second kappa shape index (κ2) is 4.78. The second-order valence-corrected chi connectivity index (χ2v) is 6.18. The topological polar surface area (TPSA) is 90.0 Å². The lowest BCUT2D eigenvalue weighted by Gasteiger charge is -2.11. The van der Waals surface area contributed by atoms with Crippen molar-refractivity contribution in [3.8, 4) is 0 Å². The Morgan fingerprint density at radius 2 is 1.95 bits per heavy atom. The fraction of sp³-hybridized carbons (Fsp3) is 0.250. The van der Waals surface area contributed by atoms with Crippen molar-refractivity contribution < 1.29 is 12.8 Å². The molecule has 0 aliphatic rings. The summed E-state index contributed by atoms with van der Waals surface area (Å²) in [5.74, 6) is -0.365. The van der Waals surface area contributed by atoms with Crippen LogP contribution in [0.3, 0.4) is 0 Å². The second-order valence-electron chi connectivity index (χ2n) is 4.53. The van der Waals surface area contributed by atoms with E-state index in [1.165, 1.54) is 17.7 Å². The Kier molecular flexibility index (Phi) is 3.43. The lowest BCUT2D eigenvalue weighted by atomic mass is 10.2. The van der Waals surface area contributed by atoms with Crippen LogP contribution in [0.4, 0.5) is 15.9 Å². The summed E-state index contributed by atoms with van der Waals surface area (Å²) in [6, 6.07) is 3.89. The van der Waals surface area contributed by atoms with Crippen molar-refractivity contribution in [1.29, 1.82) is 0 Å². The molecule has 0 fully saturated rings. The van der Waals surface area contributed by atoms with Crippen LogP contribution < -0.4 is 10.5 Å². The van der Waals surface area contributed by atoms with Gasteiger partial charge in [0.15, 0.2) is 0 Å². The Labute approximate surface area is 116 Å². The number of anilines is 2. The van der Waals surface area contributed by atoms with Crippen LogP contribution in [0, 0.1) is 19.7 Å². The lowest BCUT2D eigenvalue weighted by Crippen LogP contribution is -2.17. The highest BCUT2D eigenvalue weighted by Crippen LogP contribution is 2.24. The van der Waals surface area contributed by atoms with Gasteiger partial charge in [0.05, 0.1) is 10.6 Å². The van der Waals surface area contributed by atoms with Crippen LogP contribution >= 0.6 is 0 Å². The molecule has 0 aliphatic heterocycles. The maximum absolute atomic E-state index is 13.6. The van der Waals surface area contributed by atoms with Gasteiger partial charge in [0.2, 0.25) is 0 Å². The van der Waals surface area contributed by atoms with Crippen molar-refractivity contribution in [3.05, 3.63) is 35.3 Å². The number of rotatable bonds is 3. The van der Waals surface area contributed by atoms with Gasteiger partial charge in [0.25, 0.3) is 10.0 Å². The summed E-state index contributed by atoms with van der Waals surface area (Å²) in [6.45, 7) is 3.13. The molecule has 108 valence electrons. The molecule has 1 aromatic heterocycles. The molecular formula is C12H15FN4O2S. The first-order valence-electron chi connectivity index (χ1n) is 5.80. The smallest absolute Gasteiger partial charge is 0.263 e. The Morgan fingerprint density at radius 1 is 1.30 bits per heavy atom. The molecule has 0 spiro atoms. The molecule has 0 aliphatic carbocycles. The first-order chi connectivity index (χ1) is 9.20. The van der Waals surface area contributed by atoms with Crippen LogP contribution in [0.15, 0.2) is 23.1 Å². The predicted octanol–water partition coefficient (Wildman–Crippen LogP) is 1.56. The lowest BCUT2D eigenvalue weighted by molar-refractivity contribution is 0.590. The van der Waals surface area contributed by atoms with Crippen LogP contribution in [0.25, 0.3) is 0 Å². The average molecular weight is 298 g/mol. The Balaban J connectivity index is 2.49. The average Bonchev–Trinajstić information content (AvgIpc) is 2.61. The summed E-state index contributed by atoms with van der Waals surface area (Å²) < 4.78 is 42.0. The number of sulfonamides is 1. The fourth-order valence-corrected chi connectivity index (χ4v) is 3.22. The zero-order chi connectivity index (χ0) is 15.1. The standard InChI is InChI=1S/C12H15FN4O2S/c1-7-4-12(17(3)15-7)16-20(18,19)11-6-9(14)5-10(13)8(11)2/h4-6,16H,14H2,1-3H3. The third-order valence-electron chi connectivity index (χ3n) is 2.85. The molecule has 0 saturated carbocycles. The van der Waals surface area contributed by atoms with E-state index >= 15 is 0 Å². The molecule has 0 saturated heterocycles. The van der Waals surface area contributed by atoms with Crippen LogP contribution in [0.5, 0.6) is 0 Å². The summed E-state index contributed by atoms with van der Waals surface area (Å²) >= 11 is 0. The number of halogens is 1. The van der Waals surface area contributed by atoms with Crippen LogP contribution in [-0.4, -0.2) is 18.2 Å². The molecule has 0 amide bonds. The van der Waals surface area contributed by atoms with Crippen molar-refractivity contribution in [1.82, 2.24) is 9.78 Å². The highest BCUT2D eigenvalue weighted by molar-refractivity contribution is 7.92. The zero-order valence-electron chi connectivity index (χ0n) is 11.3. The largest absolute Gasteiger partial charge is 0.399 e. The van der Waals surface area contributed by atoms with E-state index in [2.05, 4.69) is 9.82 Å². The van der Waals surface area contributed by atoms with Gasteiger partial charge < -0.3 is 5.73 Å². The maximum atomic E-state index is 13.6. The molecule has 2 aromatic rings. The highest BCUT2D eigenvalue weighted by atomic mass is 32.2. The molecule has 8 heteroatoms.